The number of hydrogen-bond acceptors (Lipinski definition) is 6. The number of hydrogen-bond donors (Lipinski definition) is 2. The van der Waals surface area contributed by atoms with Crippen molar-refractivity contribution in [1.82, 2.24) is 9.44 Å². The number of benzene rings is 2. The van der Waals surface area contributed by atoms with Crippen molar-refractivity contribution in [1.29, 1.82) is 0 Å². The van der Waals surface area contributed by atoms with Crippen molar-refractivity contribution in [3.05, 3.63) is 60.2 Å². The summed E-state index contributed by atoms with van der Waals surface area (Å²) in [6.45, 7) is 0.358. The number of halogens is 2. The average Bonchev–Trinajstić information content (AvgIpc) is 2.64. The van der Waals surface area contributed by atoms with Crippen molar-refractivity contribution in [2.45, 2.75) is 9.79 Å². The fourth-order valence-corrected chi connectivity index (χ4v) is 6.08. The van der Waals surface area contributed by atoms with Gasteiger partial charge in [-0.3, -0.25) is 0 Å². The molecule has 12 heteroatoms. The molecule has 0 heterocycles. The van der Waals surface area contributed by atoms with Crippen LogP contribution in [0.5, 0.6) is 0 Å². The first-order valence-electron chi connectivity index (χ1n) is 7.95. The highest BCUT2D eigenvalue weighted by Crippen LogP contribution is 2.20. The van der Waals surface area contributed by atoms with Gasteiger partial charge in [-0.1, -0.05) is 21.6 Å². The van der Waals surface area contributed by atoms with Crippen molar-refractivity contribution >= 4 is 41.6 Å². The van der Waals surface area contributed by atoms with Gasteiger partial charge in [0.05, 0.1) is 9.79 Å². The molecule has 154 valence electrons. The molecule has 0 amide bonds. The first-order valence-corrected chi connectivity index (χ1v) is 13.4. The van der Waals surface area contributed by atoms with Gasteiger partial charge in [0.15, 0.2) is 0 Å². The van der Waals surface area contributed by atoms with Gasteiger partial charge in [0.25, 0.3) is 0 Å². The van der Waals surface area contributed by atoms with E-state index in [1.54, 1.807) is 0 Å². The second kappa shape index (κ2) is 10.6. The largest absolute Gasteiger partial charge is 0.240 e. The summed E-state index contributed by atoms with van der Waals surface area (Å²) < 4.78 is 78.5. The first kappa shape index (κ1) is 23.1. The monoisotopic (exact) mass is 468 g/mol. The van der Waals surface area contributed by atoms with E-state index in [1.165, 1.54) is 45.9 Å². The molecule has 0 radical (unpaired) electrons. The van der Waals surface area contributed by atoms with E-state index >= 15 is 0 Å². The molecule has 2 aromatic rings. The SMILES string of the molecule is O=S(=O)(NCCSSCCNS(=O)(=O)c1ccc(F)cc1)c1ccc(F)cc1. The molecule has 0 aliphatic heterocycles. The van der Waals surface area contributed by atoms with Crippen molar-refractivity contribution in [3.8, 4) is 0 Å². The maximum Gasteiger partial charge on any atom is 0.240 e. The molecular formula is C16H18F2N2O4S4. The molecule has 0 aliphatic carbocycles. The lowest BCUT2D eigenvalue weighted by atomic mass is 10.4. The van der Waals surface area contributed by atoms with Gasteiger partial charge in [0.1, 0.15) is 11.6 Å². The molecule has 0 saturated heterocycles. The van der Waals surface area contributed by atoms with Gasteiger partial charge in [-0.05, 0) is 48.5 Å². The smallest absolute Gasteiger partial charge is 0.210 e. The fraction of sp³-hybridized carbons (Fsp3) is 0.250. The van der Waals surface area contributed by atoms with Crippen LogP contribution in [0.25, 0.3) is 0 Å². The Morgan fingerprint density at radius 3 is 1.29 bits per heavy atom. The Labute approximate surface area is 171 Å². The van der Waals surface area contributed by atoms with Crippen LogP contribution in [0.3, 0.4) is 0 Å². The molecule has 2 N–H and O–H groups in total. The Kier molecular flexibility index (Phi) is 8.71. The average molecular weight is 469 g/mol. The van der Waals surface area contributed by atoms with Crippen molar-refractivity contribution in [2.24, 2.45) is 0 Å². The van der Waals surface area contributed by atoms with Gasteiger partial charge >= 0.3 is 0 Å². The molecule has 28 heavy (non-hydrogen) atoms. The highest BCUT2D eigenvalue weighted by molar-refractivity contribution is 8.76. The van der Waals surface area contributed by atoms with Gasteiger partial charge in [-0.15, -0.1) is 0 Å². The maximum absolute atomic E-state index is 12.8. The van der Waals surface area contributed by atoms with Crippen LogP contribution in [0, 0.1) is 11.6 Å². The second-order valence-corrected chi connectivity index (χ2v) is 11.6. The normalized spacial score (nSPS) is 12.2. The molecule has 0 saturated carbocycles. The zero-order chi connectivity index (χ0) is 20.6. The number of rotatable bonds is 11. The minimum Gasteiger partial charge on any atom is -0.210 e. The molecule has 2 rings (SSSR count). The topological polar surface area (TPSA) is 92.3 Å². The van der Waals surface area contributed by atoms with Crippen LogP contribution < -0.4 is 9.44 Å². The van der Waals surface area contributed by atoms with Gasteiger partial charge < -0.3 is 0 Å². The molecule has 0 bridgehead atoms. The molecule has 0 aliphatic rings. The van der Waals surface area contributed by atoms with Crippen molar-refractivity contribution in [3.63, 3.8) is 0 Å². The van der Waals surface area contributed by atoms with Crippen LogP contribution in [-0.2, 0) is 20.0 Å². The Hall–Kier alpha value is -1.18. The van der Waals surface area contributed by atoms with E-state index in [2.05, 4.69) is 9.44 Å². The summed E-state index contributed by atoms with van der Waals surface area (Å²) in [7, 11) is -4.60. The maximum atomic E-state index is 12.8. The zero-order valence-corrected chi connectivity index (χ0v) is 17.7. The Bertz CT molecular complexity index is 885. The second-order valence-electron chi connectivity index (χ2n) is 5.35. The molecule has 0 unspecified atom stereocenters. The summed E-state index contributed by atoms with van der Waals surface area (Å²) in [5, 5.41) is 0. The van der Waals surface area contributed by atoms with E-state index in [-0.39, 0.29) is 22.9 Å². The standard InChI is InChI=1S/C16H18F2N2O4S4/c17-13-1-5-15(6-2-13)27(21,22)19-9-11-25-26-12-10-20-28(23,24)16-7-3-14(18)4-8-16/h1-8,19-20H,9-12H2. The van der Waals surface area contributed by atoms with Crippen molar-refractivity contribution < 1.29 is 25.6 Å². The van der Waals surface area contributed by atoms with E-state index in [1.807, 2.05) is 0 Å². The lowest BCUT2D eigenvalue weighted by Crippen LogP contribution is -2.26. The molecule has 0 spiro atoms. The van der Waals surface area contributed by atoms with Crippen molar-refractivity contribution in [2.75, 3.05) is 24.6 Å². The lowest BCUT2D eigenvalue weighted by Gasteiger charge is -2.07. The highest BCUT2D eigenvalue weighted by atomic mass is 33.1. The van der Waals surface area contributed by atoms with E-state index in [0.29, 0.717) is 11.5 Å². The van der Waals surface area contributed by atoms with Crippen LogP contribution in [0.1, 0.15) is 0 Å². The molecular weight excluding hydrogens is 450 g/mol. The van der Waals surface area contributed by atoms with E-state index in [9.17, 15) is 25.6 Å². The lowest BCUT2D eigenvalue weighted by molar-refractivity contribution is 0.581. The predicted octanol–water partition coefficient (Wildman–Crippen LogP) is 2.60. The number of sulfonamides is 2. The Balaban J connectivity index is 1.63. The third-order valence-corrected chi connectivity index (χ3v) is 8.65. The van der Waals surface area contributed by atoms with E-state index in [0.717, 1.165) is 24.3 Å². The van der Waals surface area contributed by atoms with Crippen LogP contribution in [0.15, 0.2) is 58.3 Å². The van der Waals surface area contributed by atoms with Crippen LogP contribution in [0.4, 0.5) is 8.78 Å². The van der Waals surface area contributed by atoms with Gasteiger partial charge in [0.2, 0.25) is 20.0 Å². The minimum atomic E-state index is -3.69. The molecule has 2 aromatic carbocycles. The molecule has 0 atom stereocenters. The highest BCUT2D eigenvalue weighted by Gasteiger charge is 2.14. The summed E-state index contributed by atoms with van der Waals surface area (Å²) in [4.78, 5) is -0.0245. The van der Waals surface area contributed by atoms with Crippen LogP contribution in [-0.4, -0.2) is 41.4 Å². The minimum absolute atomic E-state index is 0.0123. The van der Waals surface area contributed by atoms with Crippen LogP contribution in [0.2, 0.25) is 0 Å². The fourth-order valence-electron chi connectivity index (χ4n) is 1.95. The molecule has 6 nitrogen and oxygen atoms in total. The zero-order valence-electron chi connectivity index (χ0n) is 14.5. The quantitative estimate of drug-likeness (QED) is 0.389. The molecule has 0 fully saturated rings. The van der Waals surface area contributed by atoms with E-state index in [4.69, 9.17) is 0 Å². The van der Waals surface area contributed by atoms with Gasteiger partial charge in [-0.25, -0.2) is 35.1 Å². The van der Waals surface area contributed by atoms with Gasteiger partial charge in [0, 0.05) is 24.6 Å². The van der Waals surface area contributed by atoms with E-state index < -0.39 is 31.7 Å². The molecule has 0 aromatic heterocycles. The summed E-state index contributed by atoms with van der Waals surface area (Å²) in [6, 6.07) is 9.05. The third-order valence-electron chi connectivity index (χ3n) is 3.29. The van der Waals surface area contributed by atoms with Gasteiger partial charge in [-0.2, -0.15) is 0 Å². The predicted molar refractivity (Wildman–Crippen MR) is 108 cm³/mol. The number of nitrogens with one attached hydrogen (secondary N) is 2. The van der Waals surface area contributed by atoms with Crippen LogP contribution >= 0.6 is 21.6 Å². The Morgan fingerprint density at radius 1 is 0.643 bits per heavy atom. The summed E-state index contributed by atoms with van der Waals surface area (Å²) >= 11 is 0. The summed E-state index contributed by atoms with van der Waals surface area (Å²) in [5.74, 6) is -0.0899. The first-order chi connectivity index (χ1) is 13.2. The summed E-state index contributed by atoms with van der Waals surface area (Å²) in [6.07, 6.45) is 0. The Morgan fingerprint density at radius 2 is 0.964 bits per heavy atom. The summed E-state index contributed by atoms with van der Waals surface area (Å²) in [5.41, 5.74) is 0. The third kappa shape index (κ3) is 7.33.